The molecule has 0 aromatic heterocycles. The minimum atomic E-state index is 0.202. The Balaban J connectivity index is 3.63. The first-order valence-corrected chi connectivity index (χ1v) is 8.13. The van der Waals surface area contributed by atoms with Crippen LogP contribution in [0.25, 0.3) is 0 Å². The largest absolute Gasteiger partial charge is 0.381 e. The molecule has 0 unspecified atom stereocenters. The second-order valence-electron chi connectivity index (χ2n) is 5.11. The van der Waals surface area contributed by atoms with E-state index in [2.05, 4.69) is 37.5 Å². The maximum atomic E-state index is 11.7. The van der Waals surface area contributed by atoms with Crippen LogP contribution in [0.5, 0.6) is 0 Å². The van der Waals surface area contributed by atoms with E-state index in [0.29, 0.717) is 39.1 Å². The SMILES string of the molecule is CCN(CC)CC(=O)CCOCCC(=O)CN(CC)CC. The molecule has 0 aromatic carbocycles. The number of ether oxygens (including phenoxy) is 1. The van der Waals surface area contributed by atoms with Gasteiger partial charge in [0.2, 0.25) is 0 Å². The van der Waals surface area contributed by atoms with Crippen LogP contribution in [0.2, 0.25) is 0 Å². The average Bonchev–Trinajstić information content (AvgIpc) is 2.49. The Bertz CT molecular complexity index is 259. The fraction of sp³-hybridized carbons (Fsp3) is 0.875. The highest BCUT2D eigenvalue weighted by Gasteiger charge is 2.09. The fourth-order valence-electron chi connectivity index (χ4n) is 2.03. The molecule has 0 aliphatic carbocycles. The lowest BCUT2D eigenvalue weighted by atomic mass is 10.2. The first-order valence-electron chi connectivity index (χ1n) is 8.13. The van der Waals surface area contributed by atoms with Crippen LogP contribution < -0.4 is 0 Å². The number of hydrogen-bond donors (Lipinski definition) is 0. The van der Waals surface area contributed by atoms with Gasteiger partial charge in [-0.05, 0) is 26.2 Å². The van der Waals surface area contributed by atoms with Crippen LogP contribution in [0.3, 0.4) is 0 Å². The third-order valence-corrected chi connectivity index (χ3v) is 3.64. The maximum Gasteiger partial charge on any atom is 0.149 e. The number of Topliss-reactive ketones (excluding diaryl/α,β-unsaturated/α-hetero) is 2. The number of ketones is 2. The molecule has 0 heterocycles. The lowest BCUT2D eigenvalue weighted by Gasteiger charge is -2.17. The van der Waals surface area contributed by atoms with E-state index in [1.165, 1.54) is 0 Å². The summed E-state index contributed by atoms with van der Waals surface area (Å²) in [5, 5.41) is 0. The van der Waals surface area contributed by atoms with Crippen molar-refractivity contribution in [1.29, 1.82) is 0 Å². The van der Waals surface area contributed by atoms with Crippen LogP contribution >= 0.6 is 0 Å². The summed E-state index contributed by atoms with van der Waals surface area (Å²) in [4.78, 5) is 27.6. The fourth-order valence-corrected chi connectivity index (χ4v) is 2.03. The van der Waals surface area contributed by atoms with Gasteiger partial charge >= 0.3 is 0 Å². The van der Waals surface area contributed by atoms with Crippen molar-refractivity contribution in [1.82, 2.24) is 9.80 Å². The van der Waals surface area contributed by atoms with Gasteiger partial charge in [-0.1, -0.05) is 27.7 Å². The molecular formula is C16H32N2O3. The number of rotatable bonds is 14. The first kappa shape index (κ1) is 20.2. The van der Waals surface area contributed by atoms with E-state index >= 15 is 0 Å². The molecule has 0 bridgehead atoms. The molecule has 0 rings (SSSR count). The molecule has 5 heteroatoms. The molecule has 0 saturated heterocycles. The minimum Gasteiger partial charge on any atom is -0.381 e. The monoisotopic (exact) mass is 300 g/mol. The minimum absolute atomic E-state index is 0.202. The highest BCUT2D eigenvalue weighted by molar-refractivity contribution is 5.81. The van der Waals surface area contributed by atoms with Crippen molar-refractivity contribution in [2.75, 3.05) is 52.5 Å². The lowest BCUT2D eigenvalue weighted by Crippen LogP contribution is -2.30. The predicted octanol–water partition coefficient (Wildman–Crippen LogP) is 1.60. The summed E-state index contributed by atoms with van der Waals surface area (Å²) >= 11 is 0. The predicted molar refractivity (Wildman–Crippen MR) is 85.6 cm³/mol. The zero-order chi connectivity index (χ0) is 16.1. The molecule has 124 valence electrons. The number of hydrogen-bond acceptors (Lipinski definition) is 5. The van der Waals surface area contributed by atoms with Crippen LogP contribution in [0.4, 0.5) is 0 Å². The second kappa shape index (κ2) is 12.9. The van der Waals surface area contributed by atoms with E-state index < -0.39 is 0 Å². The molecule has 21 heavy (non-hydrogen) atoms. The number of carbonyl (C=O) groups excluding carboxylic acids is 2. The molecular weight excluding hydrogens is 268 g/mol. The van der Waals surface area contributed by atoms with Gasteiger partial charge in [-0.3, -0.25) is 19.4 Å². The van der Waals surface area contributed by atoms with Gasteiger partial charge in [0, 0.05) is 12.8 Å². The van der Waals surface area contributed by atoms with Gasteiger partial charge in [0.1, 0.15) is 11.6 Å². The normalized spacial score (nSPS) is 11.3. The Morgan fingerprint density at radius 2 is 1.05 bits per heavy atom. The van der Waals surface area contributed by atoms with Crippen LogP contribution in [-0.2, 0) is 14.3 Å². The van der Waals surface area contributed by atoms with E-state index in [4.69, 9.17) is 4.74 Å². The average molecular weight is 300 g/mol. The van der Waals surface area contributed by atoms with E-state index in [1.807, 2.05) is 0 Å². The quantitative estimate of drug-likeness (QED) is 0.456. The van der Waals surface area contributed by atoms with Crippen molar-refractivity contribution < 1.29 is 14.3 Å². The Morgan fingerprint density at radius 3 is 1.33 bits per heavy atom. The highest BCUT2D eigenvalue weighted by Crippen LogP contribution is 1.95. The van der Waals surface area contributed by atoms with Crippen molar-refractivity contribution in [2.45, 2.75) is 40.5 Å². The Labute approximate surface area is 129 Å². The van der Waals surface area contributed by atoms with E-state index in [9.17, 15) is 9.59 Å². The van der Waals surface area contributed by atoms with E-state index in [1.54, 1.807) is 0 Å². The van der Waals surface area contributed by atoms with Gasteiger partial charge in [-0.2, -0.15) is 0 Å². The number of likely N-dealkylation sites (N-methyl/N-ethyl adjacent to an activating group) is 2. The molecule has 0 radical (unpaired) electrons. The van der Waals surface area contributed by atoms with Gasteiger partial charge in [0.05, 0.1) is 26.3 Å². The van der Waals surface area contributed by atoms with Crippen molar-refractivity contribution in [3.63, 3.8) is 0 Å². The molecule has 0 aromatic rings. The third kappa shape index (κ3) is 10.6. The molecule has 0 aliphatic heterocycles. The van der Waals surface area contributed by atoms with Gasteiger partial charge in [-0.15, -0.1) is 0 Å². The molecule has 0 spiro atoms. The summed E-state index contributed by atoms with van der Waals surface area (Å²) in [6, 6.07) is 0. The van der Waals surface area contributed by atoms with Gasteiger partial charge in [0.15, 0.2) is 0 Å². The standard InChI is InChI=1S/C16H32N2O3/c1-5-17(6-2)13-15(19)9-11-21-12-10-16(20)14-18(7-3)8-4/h5-14H2,1-4H3. The van der Waals surface area contributed by atoms with Gasteiger partial charge in [-0.25, -0.2) is 0 Å². The van der Waals surface area contributed by atoms with E-state index in [0.717, 1.165) is 26.2 Å². The highest BCUT2D eigenvalue weighted by atomic mass is 16.5. The van der Waals surface area contributed by atoms with Crippen molar-refractivity contribution >= 4 is 11.6 Å². The molecule has 0 aliphatic rings. The molecule has 0 N–H and O–H groups in total. The molecule has 5 nitrogen and oxygen atoms in total. The summed E-state index contributed by atoms with van der Waals surface area (Å²) in [5.74, 6) is 0.404. The summed E-state index contributed by atoms with van der Waals surface area (Å²) in [5.41, 5.74) is 0. The molecule has 0 saturated carbocycles. The van der Waals surface area contributed by atoms with Crippen LogP contribution in [0.1, 0.15) is 40.5 Å². The number of nitrogens with zero attached hydrogens (tertiary/aromatic N) is 2. The van der Waals surface area contributed by atoms with Crippen LogP contribution in [0, 0.1) is 0 Å². The smallest absolute Gasteiger partial charge is 0.149 e. The first-order chi connectivity index (χ1) is 10.1. The Morgan fingerprint density at radius 1 is 0.714 bits per heavy atom. The van der Waals surface area contributed by atoms with Crippen molar-refractivity contribution in [3.8, 4) is 0 Å². The van der Waals surface area contributed by atoms with Gasteiger partial charge in [0.25, 0.3) is 0 Å². The van der Waals surface area contributed by atoms with Gasteiger partial charge < -0.3 is 4.74 Å². The zero-order valence-electron chi connectivity index (χ0n) is 14.2. The summed E-state index contributed by atoms with van der Waals surface area (Å²) in [7, 11) is 0. The van der Waals surface area contributed by atoms with Crippen molar-refractivity contribution in [3.05, 3.63) is 0 Å². The molecule has 0 fully saturated rings. The summed E-state index contributed by atoms with van der Waals surface area (Å²) in [6.07, 6.45) is 0.863. The topological polar surface area (TPSA) is 49.9 Å². The second-order valence-corrected chi connectivity index (χ2v) is 5.11. The Kier molecular flexibility index (Phi) is 12.4. The maximum absolute atomic E-state index is 11.7. The lowest BCUT2D eigenvalue weighted by molar-refractivity contribution is -0.121. The van der Waals surface area contributed by atoms with Crippen molar-refractivity contribution in [2.24, 2.45) is 0 Å². The third-order valence-electron chi connectivity index (χ3n) is 3.64. The number of carbonyl (C=O) groups is 2. The van der Waals surface area contributed by atoms with Crippen LogP contribution in [0.15, 0.2) is 0 Å². The zero-order valence-corrected chi connectivity index (χ0v) is 14.2. The Hall–Kier alpha value is -0.780. The molecule has 0 atom stereocenters. The van der Waals surface area contributed by atoms with Crippen LogP contribution in [-0.4, -0.2) is 73.8 Å². The summed E-state index contributed by atoms with van der Waals surface area (Å²) < 4.78 is 5.39. The summed E-state index contributed by atoms with van der Waals surface area (Å²) in [6.45, 7) is 13.6. The van der Waals surface area contributed by atoms with E-state index in [-0.39, 0.29) is 11.6 Å². The molecule has 0 amide bonds.